The topological polar surface area (TPSA) is 59.4 Å². The molecule has 0 radical (unpaired) electrons. The van der Waals surface area contributed by atoms with Crippen molar-refractivity contribution in [2.75, 3.05) is 6.61 Å². The van der Waals surface area contributed by atoms with Crippen LogP contribution in [0, 0.1) is 0 Å². The van der Waals surface area contributed by atoms with Gasteiger partial charge >= 0.3 is 5.97 Å². The van der Waals surface area contributed by atoms with Gasteiger partial charge in [-0.25, -0.2) is 4.98 Å². The predicted octanol–water partition coefficient (Wildman–Crippen LogP) is 2.95. The summed E-state index contributed by atoms with van der Waals surface area (Å²) in [5.74, 6) is 0.0250. The Bertz CT molecular complexity index is 563. The van der Waals surface area contributed by atoms with Crippen LogP contribution < -0.4 is 4.74 Å². The molecule has 4 nitrogen and oxygen atoms in total. The van der Waals surface area contributed by atoms with Crippen molar-refractivity contribution in [2.24, 2.45) is 0 Å². The van der Waals surface area contributed by atoms with E-state index in [9.17, 15) is 4.79 Å². The summed E-state index contributed by atoms with van der Waals surface area (Å²) in [6, 6.07) is 8.06. The Morgan fingerprint density at radius 1 is 1.35 bits per heavy atom. The van der Waals surface area contributed by atoms with Crippen molar-refractivity contribution in [3.63, 3.8) is 0 Å². The Balaban J connectivity index is 1.80. The summed E-state index contributed by atoms with van der Waals surface area (Å²) in [4.78, 5) is 15.6. The van der Waals surface area contributed by atoms with E-state index in [-0.39, 0.29) is 6.42 Å². The highest BCUT2D eigenvalue weighted by molar-refractivity contribution is 7.11. The third-order valence-corrected chi connectivity index (χ3v) is 3.90. The molecule has 2 aromatic rings. The van der Waals surface area contributed by atoms with E-state index in [1.54, 1.807) is 6.20 Å². The number of aliphatic carboxylic acids is 1. The van der Waals surface area contributed by atoms with Crippen molar-refractivity contribution in [3.8, 4) is 5.75 Å². The van der Waals surface area contributed by atoms with Crippen LogP contribution in [-0.4, -0.2) is 22.7 Å². The largest absolute Gasteiger partial charge is 0.493 e. The summed E-state index contributed by atoms with van der Waals surface area (Å²) in [5, 5.41) is 9.61. The fourth-order valence-corrected chi connectivity index (χ4v) is 2.67. The Morgan fingerprint density at radius 2 is 2.10 bits per heavy atom. The van der Waals surface area contributed by atoms with Gasteiger partial charge in [-0.3, -0.25) is 4.79 Å². The maximum Gasteiger partial charge on any atom is 0.308 e. The molecule has 0 spiro atoms. The number of benzene rings is 1. The number of ether oxygens (including phenoxy) is 1. The summed E-state index contributed by atoms with van der Waals surface area (Å²) < 4.78 is 5.65. The average Bonchev–Trinajstić information content (AvgIpc) is 2.86. The van der Waals surface area contributed by atoms with E-state index in [0.717, 1.165) is 22.1 Å². The molecule has 106 valence electrons. The van der Waals surface area contributed by atoms with E-state index >= 15 is 0 Å². The van der Waals surface area contributed by atoms with Crippen molar-refractivity contribution >= 4 is 17.3 Å². The second-order valence-corrected chi connectivity index (χ2v) is 5.59. The molecule has 2 rings (SSSR count). The molecule has 0 amide bonds. The van der Waals surface area contributed by atoms with Gasteiger partial charge in [0.25, 0.3) is 0 Å². The molecule has 1 N–H and O–H groups in total. The highest BCUT2D eigenvalue weighted by atomic mass is 32.1. The molecule has 0 bridgehead atoms. The molecular formula is C15H17NO3S. The average molecular weight is 291 g/mol. The number of aromatic nitrogens is 1. The number of aryl methyl sites for hydroxylation is 1. The van der Waals surface area contributed by atoms with Crippen LogP contribution in [-0.2, 0) is 24.1 Å². The van der Waals surface area contributed by atoms with Gasteiger partial charge in [0.05, 0.1) is 18.0 Å². The van der Waals surface area contributed by atoms with Gasteiger partial charge < -0.3 is 9.84 Å². The van der Waals surface area contributed by atoms with Gasteiger partial charge in [0.2, 0.25) is 0 Å². The Kier molecular flexibility index (Phi) is 5.12. The maximum atomic E-state index is 10.6. The summed E-state index contributed by atoms with van der Waals surface area (Å²) in [7, 11) is 0. The molecule has 1 aromatic heterocycles. The normalized spacial score (nSPS) is 10.4. The van der Waals surface area contributed by atoms with Crippen LogP contribution in [0.15, 0.2) is 30.5 Å². The fourth-order valence-electron chi connectivity index (χ4n) is 1.77. The third kappa shape index (κ3) is 4.35. The molecule has 0 atom stereocenters. The number of carboxylic acids is 1. The smallest absolute Gasteiger partial charge is 0.308 e. The molecule has 0 saturated carbocycles. The number of carboxylic acid groups (broad SMARTS) is 1. The van der Waals surface area contributed by atoms with Crippen LogP contribution in [0.2, 0.25) is 0 Å². The lowest BCUT2D eigenvalue weighted by molar-refractivity contribution is -0.136. The first-order valence-electron chi connectivity index (χ1n) is 6.54. The Hall–Kier alpha value is -1.88. The van der Waals surface area contributed by atoms with E-state index in [1.807, 2.05) is 12.1 Å². The molecule has 5 heteroatoms. The van der Waals surface area contributed by atoms with Crippen molar-refractivity contribution in [2.45, 2.75) is 26.2 Å². The van der Waals surface area contributed by atoms with Crippen molar-refractivity contribution in [3.05, 3.63) is 45.9 Å². The minimum atomic E-state index is -0.826. The lowest BCUT2D eigenvalue weighted by Gasteiger charge is -2.05. The molecule has 0 saturated heterocycles. The summed E-state index contributed by atoms with van der Waals surface area (Å²) in [5.41, 5.74) is 1.29. The number of hydrogen-bond donors (Lipinski definition) is 1. The number of carbonyl (C=O) groups is 1. The fraction of sp³-hybridized carbons (Fsp3) is 0.333. The van der Waals surface area contributed by atoms with Crippen molar-refractivity contribution < 1.29 is 14.6 Å². The quantitative estimate of drug-likeness (QED) is 0.852. The summed E-state index contributed by atoms with van der Waals surface area (Å²) in [6.07, 6.45) is 3.38. The van der Waals surface area contributed by atoms with Crippen LogP contribution in [0.4, 0.5) is 0 Å². The lowest BCUT2D eigenvalue weighted by atomic mass is 10.2. The van der Waals surface area contributed by atoms with Crippen LogP contribution in [0.3, 0.4) is 0 Å². The molecule has 1 aromatic carbocycles. The molecule has 0 aliphatic heterocycles. The summed E-state index contributed by atoms with van der Waals surface area (Å²) in [6.45, 7) is 2.67. The van der Waals surface area contributed by atoms with Crippen LogP contribution in [0.25, 0.3) is 0 Å². The van der Waals surface area contributed by atoms with Crippen LogP contribution >= 0.6 is 11.3 Å². The number of thiazole rings is 1. The second kappa shape index (κ2) is 7.05. The molecule has 0 aliphatic carbocycles. The molecule has 0 fully saturated rings. The van der Waals surface area contributed by atoms with Crippen LogP contribution in [0.1, 0.15) is 22.4 Å². The highest BCUT2D eigenvalue weighted by Crippen LogP contribution is 2.16. The first-order chi connectivity index (χ1) is 9.67. The van der Waals surface area contributed by atoms with Gasteiger partial charge in [-0.15, -0.1) is 11.3 Å². The Morgan fingerprint density at radius 3 is 2.75 bits per heavy atom. The van der Waals surface area contributed by atoms with Gasteiger partial charge in [0.1, 0.15) is 5.75 Å². The molecule has 0 aliphatic rings. The molecule has 1 heterocycles. The zero-order chi connectivity index (χ0) is 14.4. The van der Waals surface area contributed by atoms with Crippen molar-refractivity contribution in [1.29, 1.82) is 0 Å². The first-order valence-corrected chi connectivity index (χ1v) is 7.36. The molecule has 0 unspecified atom stereocenters. The lowest BCUT2D eigenvalue weighted by Crippen LogP contribution is -2.00. The number of nitrogens with zero attached hydrogens (tertiary/aromatic N) is 1. The van der Waals surface area contributed by atoms with Crippen LogP contribution in [0.5, 0.6) is 5.75 Å². The zero-order valence-electron chi connectivity index (χ0n) is 11.3. The molecular weight excluding hydrogens is 274 g/mol. The van der Waals surface area contributed by atoms with Gasteiger partial charge in [0, 0.05) is 17.5 Å². The minimum Gasteiger partial charge on any atom is -0.493 e. The monoisotopic (exact) mass is 291 g/mol. The summed E-state index contributed by atoms with van der Waals surface area (Å²) >= 11 is 1.43. The molecule has 20 heavy (non-hydrogen) atoms. The minimum absolute atomic E-state index is 0.0387. The first kappa shape index (κ1) is 14.5. The highest BCUT2D eigenvalue weighted by Gasteiger charge is 2.06. The second-order valence-electron chi connectivity index (χ2n) is 4.39. The van der Waals surface area contributed by atoms with Gasteiger partial charge in [-0.1, -0.05) is 19.1 Å². The van der Waals surface area contributed by atoms with Gasteiger partial charge in [-0.2, -0.15) is 0 Å². The van der Waals surface area contributed by atoms with E-state index in [4.69, 9.17) is 9.84 Å². The SMILES string of the molecule is CCc1ccc(OCCc2ncc(CC(=O)O)s2)cc1. The maximum absolute atomic E-state index is 10.6. The van der Waals surface area contributed by atoms with Gasteiger partial charge in [-0.05, 0) is 24.1 Å². The standard InChI is InChI=1S/C15H17NO3S/c1-2-11-3-5-12(6-4-11)19-8-7-14-16-10-13(20-14)9-15(17)18/h3-6,10H,2,7-9H2,1H3,(H,17,18). The zero-order valence-corrected chi connectivity index (χ0v) is 12.2. The van der Waals surface area contributed by atoms with Gasteiger partial charge in [0.15, 0.2) is 0 Å². The van der Waals surface area contributed by atoms with E-state index in [1.165, 1.54) is 16.9 Å². The van der Waals surface area contributed by atoms with Crippen molar-refractivity contribution in [1.82, 2.24) is 4.98 Å². The number of hydrogen-bond acceptors (Lipinski definition) is 4. The van der Waals surface area contributed by atoms with E-state index in [2.05, 4.69) is 24.0 Å². The van der Waals surface area contributed by atoms with E-state index < -0.39 is 5.97 Å². The number of rotatable bonds is 7. The Labute approximate surface area is 122 Å². The van der Waals surface area contributed by atoms with E-state index in [0.29, 0.717) is 13.0 Å². The predicted molar refractivity (Wildman–Crippen MR) is 78.5 cm³/mol. The third-order valence-electron chi connectivity index (χ3n) is 2.84.